The molecule has 0 radical (unpaired) electrons. The van der Waals surface area contributed by atoms with E-state index in [-0.39, 0.29) is 10.8 Å². The maximum atomic E-state index is 5.84. The van der Waals surface area contributed by atoms with Crippen LogP contribution in [0.2, 0.25) is 5.28 Å². The molecule has 0 aromatic carbocycles. The van der Waals surface area contributed by atoms with Crippen LogP contribution in [0.15, 0.2) is 0 Å². The topological polar surface area (TPSA) is 72.0 Å². The van der Waals surface area contributed by atoms with E-state index in [1.807, 2.05) is 6.92 Å². The Morgan fingerprint density at radius 2 is 2.12 bits per heavy atom. The molecular weight excluding hydrogens is 242 g/mol. The quantitative estimate of drug-likeness (QED) is 0.853. The second-order valence-corrected chi connectivity index (χ2v) is 4.61. The maximum Gasteiger partial charge on any atom is 0.229 e. The zero-order valence-corrected chi connectivity index (χ0v) is 10.7. The average molecular weight is 258 g/mol. The Kier molecular flexibility index (Phi) is 3.63. The van der Waals surface area contributed by atoms with Crippen LogP contribution in [-0.2, 0) is 4.74 Å². The highest BCUT2D eigenvalue weighted by molar-refractivity contribution is 6.28. The molecule has 1 unspecified atom stereocenters. The maximum absolute atomic E-state index is 5.84. The van der Waals surface area contributed by atoms with E-state index in [0.717, 1.165) is 19.6 Å². The second-order valence-electron chi connectivity index (χ2n) is 4.27. The van der Waals surface area contributed by atoms with Crippen LogP contribution < -0.4 is 10.6 Å². The molecule has 1 aliphatic rings. The minimum atomic E-state index is -0.131. The first-order valence-electron chi connectivity index (χ1n) is 5.63. The minimum Gasteiger partial charge on any atom is -0.379 e. The first-order chi connectivity index (χ1) is 8.11. The van der Waals surface area contributed by atoms with Crippen LogP contribution in [0.1, 0.15) is 20.3 Å². The van der Waals surface area contributed by atoms with Gasteiger partial charge in [-0.05, 0) is 31.9 Å². The molecule has 2 N–H and O–H groups in total. The number of nitrogens with zero attached hydrogens (tertiary/aromatic N) is 3. The van der Waals surface area contributed by atoms with Crippen molar-refractivity contribution in [3.63, 3.8) is 0 Å². The van der Waals surface area contributed by atoms with Crippen LogP contribution in [0, 0.1) is 0 Å². The fraction of sp³-hybridized carbons (Fsp3) is 0.700. The molecule has 1 fully saturated rings. The van der Waals surface area contributed by atoms with Gasteiger partial charge in [-0.1, -0.05) is 0 Å². The van der Waals surface area contributed by atoms with Crippen molar-refractivity contribution in [2.45, 2.75) is 25.8 Å². The number of rotatable bonds is 4. The van der Waals surface area contributed by atoms with E-state index in [2.05, 4.69) is 32.5 Å². The fourth-order valence-corrected chi connectivity index (χ4v) is 1.84. The summed E-state index contributed by atoms with van der Waals surface area (Å²) in [6.07, 6.45) is 0.923. The summed E-state index contributed by atoms with van der Waals surface area (Å²) in [6.45, 7) is 6.18. The molecular formula is C10H16ClN5O. The van der Waals surface area contributed by atoms with Crippen molar-refractivity contribution in [1.82, 2.24) is 15.0 Å². The Morgan fingerprint density at radius 1 is 1.35 bits per heavy atom. The third-order valence-electron chi connectivity index (χ3n) is 2.58. The van der Waals surface area contributed by atoms with E-state index in [9.17, 15) is 0 Å². The van der Waals surface area contributed by atoms with Crippen LogP contribution in [0.5, 0.6) is 0 Å². The lowest BCUT2D eigenvalue weighted by molar-refractivity contribution is 0.185. The number of aromatic nitrogens is 3. The van der Waals surface area contributed by atoms with Crippen molar-refractivity contribution in [2.24, 2.45) is 0 Å². The van der Waals surface area contributed by atoms with Crippen molar-refractivity contribution in [3.05, 3.63) is 5.28 Å². The van der Waals surface area contributed by atoms with Gasteiger partial charge in [0.1, 0.15) is 0 Å². The van der Waals surface area contributed by atoms with Crippen LogP contribution >= 0.6 is 11.6 Å². The van der Waals surface area contributed by atoms with Gasteiger partial charge < -0.3 is 15.4 Å². The average Bonchev–Trinajstić information content (AvgIpc) is 2.64. The standard InChI is InChI=1S/C10H16ClN5O/c1-3-12-8-13-7(11)14-9(15-8)16-10(2)4-5-17-6-10/h3-6H2,1-2H3,(H2,12,13,14,15,16). The van der Waals surface area contributed by atoms with Crippen molar-refractivity contribution in [3.8, 4) is 0 Å². The van der Waals surface area contributed by atoms with Gasteiger partial charge in [0.15, 0.2) is 0 Å². The molecule has 1 saturated heterocycles. The van der Waals surface area contributed by atoms with E-state index in [1.165, 1.54) is 0 Å². The lowest BCUT2D eigenvalue weighted by Crippen LogP contribution is -2.35. The SMILES string of the molecule is CCNc1nc(Cl)nc(NC2(C)CCOC2)n1. The van der Waals surface area contributed by atoms with Gasteiger partial charge in [-0.3, -0.25) is 0 Å². The highest BCUT2D eigenvalue weighted by Gasteiger charge is 2.30. The Balaban J connectivity index is 2.14. The third kappa shape index (κ3) is 3.17. The number of anilines is 2. The summed E-state index contributed by atoms with van der Waals surface area (Å²) in [5.74, 6) is 0.964. The van der Waals surface area contributed by atoms with Gasteiger partial charge in [0.2, 0.25) is 17.2 Å². The largest absolute Gasteiger partial charge is 0.379 e. The molecule has 94 valence electrons. The summed E-state index contributed by atoms with van der Waals surface area (Å²) in [7, 11) is 0. The molecule has 17 heavy (non-hydrogen) atoms. The summed E-state index contributed by atoms with van der Waals surface area (Å²) < 4.78 is 5.36. The third-order valence-corrected chi connectivity index (χ3v) is 2.74. The number of ether oxygens (including phenoxy) is 1. The van der Waals surface area contributed by atoms with E-state index < -0.39 is 0 Å². The molecule has 6 nitrogen and oxygen atoms in total. The second kappa shape index (κ2) is 5.01. The molecule has 1 aromatic heterocycles. The van der Waals surface area contributed by atoms with Crippen molar-refractivity contribution in [1.29, 1.82) is 0 Å². The summed E-state index contributed by atoms with van der Waals surface area (Å²) >= 11 is 5.84. The molecule has 2 rings (SSSR count). The molecule has 0 spiro atoms. The van der Waals surface area contributed by atoms with E-state index >= 15 is 0 Å². The van der Waals surface area contributed by atoms with E-state index in [0.29, 0.717) is 18.5 Å². The van der Waals surface area contributed by atoms with Gasteiger partial charge in [0.25, 0.3) is 0 Å². The van der Waals surface area contributed by atoms with Crippen LogP contribution in [0.25, 0.3) is 0 Å². The molecule has 0 bridgehead atoms. The predicted octanol–water partition coefficient (Wildman–Crippen LogP) is 1.55. The Morgan fingerprint density at radius 3 is 2.76 bits per heavy atom. The van der Waals surface area contributed by atoms with Gasteiger partial charge in [-0.25, -0.2) is 0 Å². The Hall–Kier alpha value is -1.14. The summed E-state index contributed by atoms with van der Waals surface area (Å²) in [5.41, 5.74) is -0.131. The van der Waals surface area contributed by atoms with Gasteiger partial charge in [-0.2, -0.15) is 15.0 Å². The molecule has 7 heteroatoms. The highest BCUT2D eigenvalue weighted by atomic mass is 35.5. The number of nitrogens with one attached hydrogen (secondary N) is 2. The molecule has 1 atom stereocenters. The van der Waals surface area contributed by atoms with Crippen LogP contribution in [-0.4, -0.2) is 40.2 Å². The number of hydrogen-bond donors (Lipinski definition) is 2. The van der Waals surface area contributed by atoms with Gasteiger partial charge in [-0.15, -0.1) is 0 Å². The fourth-order valence-electron chi connectivity index (χ4n) is 1.68. The first-order valence-corrected chi connectivity index (χ1v) is 6.00. The minimum absolute atomic E-state index is 0.131. The van der Waals surface area contributed by atoms with Crippen molar-refractivity contribution >= 4 is 23.5 Å². The van der Waals surface area contributed by atoms with Crippen molar-refractivity contribution in [2.75, 3.05) is 30.4 Å². The summed E-state index contributed by atoms with van der Waals surface area (Å²) in [5, 5.41) is 6.43. The predicted molar refractivity (Wildman–Crippen MR) is 66.5 cm³/mol. The monoisotopic (exact) mass is 257 g/mol. The zero-order chi connectivity index (χ0) is 12.3. The zero-order valence-electron chi connectivity index (χ0n) is 9.96. The molecule has 0 saturated carbocycles. The van der Waals surface area contributed by atoms with E-state index in [1.54, 1.807) is 0 Å². The summed E-state index contributed by atoms with van der Waals surface area (Å²) in [4.78, 5) is 12.3. The molecule has 1 aromatic rings. The molecule has 2 heterocycles. The number of halogens is 1. The van der Waals surface area contributed by atoms with Gasteiger partial charge >= 0.3 is 0 Å². The normalized spacial score (nSPS) is 23.7. The Bertz CT molecular complexity index is 394. The highest BCUT2D eigenvalue weighted by Crippen LogP contribution is 2.22. The Labute approximate surface area is 105 Å². The molecule has 0 amide bonds. The lowest BCUT2D eigenvalue weighted by Gasteiger charge is -2.23. The van der Waals surface area contributed by atoms with Crippen LogP contribution in [0.4, 0.5) is 11.9 Å². The summed E-state index contributed by atoms with van der Waals surface area (Å²) in [6, 6.07) is 0. The lowest BCUT2D eigenvalue weighted by atomic mass is 10.0. The van der Waals surface area contributed by atoms with Crippen molar-refractivity contribution < 1.29 is 4.74 Å². The molecule has 0 aliphatic carbocycles. The van der Waals surface area contributed by atoms with E-state index in [4.69, 9.17) is 16.3 Å². The first kappa shape index (κ1) is 12.3. The smallest absolute Gasteiger partial charge is 0.229 e. The van der Waals surface area contributed by atoms with Gasteiger partial charge in [0, 0.05) is 13.2 Å². The van der Waals surface area contributed by atoms with Gasteiger partial charge in [0.05, 0.1) is 12.1 Å². The molecule has 1 aliphatic heterocycles. The van der Waals surface area contributed by atoms with Crippen LogP contribution in [0.3, 0.4) is 0 Å². The number of hydrogen-bond acceptors (Lipinski definition) is 6.